The van der Waals surface area contributed by atoms with Gasteiger partial charge in [-0.2, -0.15) is 57.9 Å². The molecule has 0 radical (unpaired) electrons. The zero-order chi connectivity index (χ0) is 48.1. The lowest BCUT2D eigenvalue weighted by atomic mass is 9.96. The summed E-state index contributed by atoms with van der Waals surface area (Å²) in [7, 11) is 0. The van der Waals surface area contributed by atoms with Crippen molar-refractivity contribution < 1.29 is 52.7 Å². The molecule has 0 N–H and O–H groups in total. The molecule has 0 spiro atoms. The number of hydrogen-bond acceptors (Lipinski definition) is 2. The van der Waals surface area contributed by atoms with Gasteiger partial charge in [0.05, 0.1) is 72.6 Å². The summed E-state index contributed by atoms with van der Waals surface area (Å²) < 4.78 is 174. The summed E-state index contributed by atoms with van der Waals surface area (Å²) in [6, 6.07) is 36.5. The van der Waals surface area contributed by atoms with Crippen LogP contribution in [0.2, 0.25) is 0 Å². The molecule has 0 fully saturated rings. The van der Waals surface area contributed by atoms with Crippen LogP contribution in [-0.2, 0) is 24.7 Å². The summed E-state index contributed by atoms with van der Waals surface area (Å²) in [5, 5.41) is 10.1. The number of nitrogens with zero attached hydrogens (tertiary/aromatic N) is 4. The first-order valence-corrected chi connectivity index (χ1v) is 20.4. The van der Waals surface area contributed by atoms with Crippen LogP contribution in [0.4, 0.5) is 52.7 Å². The Morgan fingerprint density at radius 1 is 0.368 bits per heavy atom. The van der Waals surface area contributed by atoms with Gasteiger partial charge >= 0.3 is 24.7 Å². The third-order valence-corrected chi connectivity index (χ3v) is 11.8. The lowest BCUT2D eigenvalue weighted by Gasteiger charge is -2.20. The van der Waals surface area contributed by atoms with Crippen molar-refractivity contribution in [3.05, 3.63) is 186 Å². The Hall–Kier alpha value is -8.06. The second-order valence-corrected chi connectivity index (χ2v) is 15.9. The number of fused-ring (bicyclic) bond motifs is 6. The molecule has 7 aromatic carbocycles. The number of rotatable bonds is 5. The van der Waals surface area contributed by atoms with E-state index in [2.05, 4.69) is 6.07 Å². The molecule has 0 saturated heterocycles. The highest BCUT2D eigenvalue weighted by Crippen LogP contribution is 2.46. The number of nitriles is 1. The smallest absolute Gasteiger partial charge is 0.309 e. The number of alkyl halides is 12. The molecule has 338 valence electrons. The molecular weight excluding hydrogens is 909 g/mol. The molecule has 0 unspecified atom stereocenters. The van der Waals surface area contributed by atoms with Crippen LogP contribution in [0.1, 0.15) is 27.8 Å². The van der Waals surface area contributed by atoms with Crippen LogP contribution >= 0.6 is 0 Å². The molecule has 10 rings (SSSR count). The average Bonchev–Trinajstić information content (AvgIpc) is 3.81. The first-order chi connectivity index (χ1) is 32.2. The fourth-order valence-corrected chi connectivity index (χ4v) is 8.74. The number of halogens is 12. The van der Waals surface area contributed by atoms with Crippen molar-refractivity contribution in [1.82, 2.24) is 14.1 Å². The average molecular weight is 935 g/mol. The summed E-state index contributed by atoms with van der Waals surface area (Å²) in [4.78, 5) is 4.94. The molecule has 10 aromatic rings. The quantitative estimate of drug-likeness (QED) is 0.161. The third-order valence-electron chi connectivity index (χ3n) is 11.8. The van der Waals surface area contributed by atoms with Gasteiger partial charge in [-0.3, -0.25) is 0 Å². The maximum atomic E-state index is 14.3. The molecule has 0 aliphatic heterocycles. The van der Waals surface area contributed by atoms with Crippen molar-refractivity contribution in [2.45, 2.75) is 24.7 Å². The van der Waals surface area contributed by atoms with E-state index in [-0.39, 0.29) is 66.1 Å². The minimum absolute atomic E-state index is 0.0107. The Balaban J connectivity index is 1.37. The summed E-state index contributed by atoms with van der Waals surface area (Å²) in [6.07, 6.45) is -19.6. The minimum Gasteiger partial charge on any atom is -0.309 e. The van der Waals surface area contributed by atoms with Gasteiger partial charge in [0.25, 0.3) is 0 Å². The van der Waals surface area contributed by atoms with E-state index in [4.69, 9.17) is 4.98 Å². The predicted octanol–water partition coefficient (Wildman–Crippen LogP) is 16.2. The molecule has 3 aromatic heterocycles. The van der Waals surface area contributed by atoms with E-state index in [1.54, 1.807) is 72.8 Å². The molecule has 68 heavy (non-hydrogen) atoms. The summed E-state index contributed by atoms with van der Waals surface area (Å²) in [5.74, 6) is 0. The van der Waals surface area contributed by atoms with Crippen molar-refractivity contribution in [1.29, 1.82) is 5.26 Å². The Labute approximate surface area is 376 Å². The van der Waals surface area contributed by atoms with Crippen LogP contribution in [0, 0.1) is 11.3 Å². The van der Waals surface area contributed by atoms with Crippen LogP contribution < -0.4 is 0 Å². The normalized spacial score (nSPS) is 12.7. The number of hydrogen-bond donors (Lipinski definition) is 0. The van der Waals surface area contributed by atoms with Gasteiger partial charge < -0.3 is 9.13 Å². The Morgan fingerprint density at radius 2 is 0.706 bits per heavy atom. The number of pyridine rings is 1. The van der Waals surface area contributed by atoms with Gasteiger partial charge in [-0.15, -0.1) is 0 Å². The second-order valence-electron chi connectivity index (χ2n) is 15.9. The fraction of sp³-hybridized carbons (Fsp3) is 0.0769. The zero-order valence-corrected chi connectivity index (χ0v) is 34.3. The van der Waals surface area contributed by atoms with E-state index in [1.165, 1.54) is 21.3 Å². The standard InChI is InChI=1S/C52H26F12N4/c53-49(54,55)32-11-15-43-37(22-32)38-23-33(50(56,57)58)12-16-44(38)67(43)47-26-36(30-19-41(28-7-3-1-4-8-28)66-42(20-30)29-9-5-2-6-10-29)48(21-31(47)27-65)68-45-17-13-34(51(59,60)61)24-39(45)40-25-35(52(62,63)64)14-18-46(40)68/h1-26H. The predicted molar refractivity (Wildman–Crippen MR) is 234 cm³/mol. The van der Waals surface area contributed by atoms with Gasteiger partial charge in [0.1, 0.15) is 6.07 Å². The zero-order valence-electron chi connectivity index (χ0n) is 34.3. The lowest BCUT2D eigenvalue weighted by molar-refractivity contribution is -0.138. The summed E-state index contributed by atoms with van der Waals surface area (Å²) in [6.45, 7) is 0. The molecule has 0 aliphatic rings. The van der Waals surface area contributed by atoms with E-state index in [0.717, 1.165) is 72.8 Å². The largest absolute Gasteiger partial charge is 0.416 e. The van der Waals surface area contributed by atoms with Crippen LogP contribution in [0.15, 0.2) is 158 Å². The van der Waals surface area contributed by atoms with Gasteiger partial charge in [-0.25, -0.2) is 4.98 Å². The fourth-order valence-electron chi connectivity index (χ4n) is 8.74. The third kappa shape index (κ3) is 7.53. The van der Waals surface area contributed by atoms with Crippen molar-refractivity contribution in [3.63, 3.8) is 0 Å². The van der Waals surface area contributed by atoms with E-state index in [9.17, 15) is 57.9 Å². The molecule has 4 nitrogen and oxygen atoms in total. The first-order valence-electron chi connectivity index (χ1n) is 20.4. The van der Waals surface area contributed by atoms with Gasteiger partial charge in [0, 0.05) is 38.2 Å². The number of aromatic nitrogens is 3. The highest BCUT2D eigenvalue weighted by atomic mass is 19.4. The lowest BCUT2D eigenvalue weighted by Crippen LogP contribution is -2.06. The topological polar surface area (TPSA) is 46.5 Å². The van der Waals surface area contributed by atoms with Gasteiger partial charge in [0.15, 0.2) is 0 Å². The van der Waals surface area contributed by atoms with Crippen molar-refractivity contribution in [3.8, 4) is 51.1 Å². The van der Waals surface area contributed by atoms with E-state index >= 15 is 0 Å². The molecule has 0 aliphatic carbocycles. The van der Waals surface area contributed by atoms with Crippen LogP contribution in [0.25, 0.3) is 88.6 Å². The van der Waals surface area contributed by atoms with Crippen molar-refractivity contribution in [2.24, 2.45) is 0 Å². The molecule has 0 saturated carbocycles. The SMILES string of the molecule is N#Cc1cc(-n2c3ccc(C(F)(F)F)cc3c3cc(C(F)(F)F)ccc32)c(-c2cc(-c3ccccc3)nc(-c3ccccc3)c2)cc1-n1c2ccc(C(F)(F)F)cc2c2cc(C(F)(F)F)ccc21. The molecule has 3 heterocycles. The second kappa shape index (κ2) is 15.5. The highest BCUT2D eigenvalue weighted by molar-refractivity contribution is 6.12. The summed E-state index contributed by atoms with van der Waals surface area (Å²) >= 11 is 0. The van der Waals surface area contributed by atoms with Crippen molar-refractivity contribution >= 4 is 43.6 Å². The highest BCUT2D eigenvalue weighted by Gasteiger charge is 2.36. The first kappa shape index (κ1) is 43.8. The molecule has 0 atom stereocenters. The van der Waals surface area contributed by atoms with E-state index in [0.29, 0.717) is 28.1 Å². The van der Waals surface area contributed by atoms with Gasteiger partial charge in [0.2, 0.25) is 0 Å². The minimum atomic E-state index is -4.90. The number of benzene rings is 7. The van der Waals surface area contributed by atoms with Crippen LogP contribution in [-0.4, -0.2) is 14.1 Å². The monoisotopic (exact) mass is 934 g/mol. The Morgan fingerprint density at radius 3 is 1.03 bits per heavy atom. The Kier molecular flexibility index (Phi) is 9.99. The van der Waals surface area contributed by atoms with Gasteiger partial charge in [-0.1, -0.05) is 60.7 Å². The molecule has 0 bridgehead atoms. The van der Waals surface area contributed by atoms with Crippen LogP contribution in [0.3, 0.4) is 0 Å². The maximum Gasteiger partial charge on any atom is 0.416 e. The van der Waals surface area contributed by atoms with Gasteiger partial charge in [-0.05, 0) is 103 Å². The van der Waals surface area contributed by atoms with E-state index < -0.39 is 47.0 Å². The molecule has 16 heteroatoms. The summed E-state index contributed by atoms with van der Waals surface area (Å²) in [5.41, 5.74) is -2.06. The Bertz CT molecular complexity index is 3480. The van der Waals surface area contributed by atoms with E-state index in [1.807, 2.05) is 0 Å². The molecule has 0 amide bonds. The van der Waals surface area contributed by atoms with Crippen LogP contribution in [0.5, 0.6) is 0 Å². The maximum absolute atomic E-state index is 14.3. The molecular formula is C52H26F12N4. The van der Waals surface area contributed by atoms with Crippen molar-refractivity contribution in [2.75, 3.05) is 0 Å².